The van der Waals surface area contributed by atoms with Crippen molar-refractivity contribution < 1.29 is 4.74 Å². The molecule has 0 atom stereocenters. The van der Waals surface area contributed by atoms with Gasteiger partial charge in [-0.1, -0.05) is 55.8 Å². The number of rotatable bonds is 6. The van der Waals surface area contributed by atoms with Gasteiger partial charge in [0, 0.05) is 10.9 Å². The van der Waals surface area contributed by atoms with E-state index in [0.29, 0.717) is 0 Å². The van der Waals surface area contributed by atoms with Gasteiger partial charge in [0.25, 0.3) is 0 Å². The first-order valence-electron chi connectivity index (χ1n) is 7.61. The van der Waals surface area contributed by atoms with Gasteiger partial charge >= 0.3 is 0 Å². The van der Waals surface area contributed by atoms with Crippen LogP contribution in [0.25, 0.3) is 21.8 Å². The highest BCUT2D eigenvalue weighted by atomic mass is 32.1. The number of aromatic nitrogens is 1. The van der Waals surface area contributed by atoms with Crippen LogP contribution in [-0.2, 0) is 0 Å². The van der Waals surface area contributed by atoms with E-state index in [0.717, 1.165) is 47.0 Å². The fourth-order valence-electron chi connectivity index (χ4n) is 2.23. The van der Waals surface area contributed by atoms with Crippen molar-refractivity contribution in [2.75, 3.05) is 6.61 Å². The molecule has 0 saturated heterocycles. The molecule has 0 aliphatic rings. The number of unbranched alkanes of at least 4 members (excludes halogenated alkanes) is 1. The zero-order chi connectivity index (χ0) is 15.2. The van der Waals surface area contributed by atoms with Crippen molar-refractivity contribution in [1.29, 1.82) is 0 Å². The molecule has 1 aromatic heterocycles. The molecule has 3 rings (SSSR count). The first-order valence-corrected chi connectivity index (χ1v) is 8.49. The van der Waals surface area contributed by atoms with Crippen LogP contribution in [0.4, 0.5) is 0 Å². The Hall–Kier alpha value is -2.13. The van der Waals surface area contributed by atoms with E-state index in [9.17, 15) is 0 Å². The molecular formula is C19H19NOS. The zero-order valence-corrected chi connectivity index (χ0v) is 13.5. The average molecular weight is 309 g/mol. The Kier molecular flexibility index (Phi) is 4.86. The summed E-state index contributed by atoms with van der Waals surface area (Å²) < 4.78 is 5.91. The SMILES string of the molecule is CCCCOc1ccccc1-c1nc(-c2ccccc2)cs1. The monoisotopic (exact) mass is 309 g/mol. The molecule has 0 amide bonds. The third kappa shape index (κ3) is 3.37. The Labute approximate surface area is 135 Å². The Balaban J connectivity index is 1.87. The fraction of sp³-hybridized carbons (Fsp3) is 0.211. The van der Waals surface area contributed by atoms with Crippen LogP contribution in [0, 0.1) is 0 Å². The van der Waals surface area contributed by atoms with Gasteiger partial charge in [0.05, 0.1) is 17.9 Å². The van der Waals surface area contributed by atoms with Crippen LogP contribution in [0.15, 0.2) is 60.0 Å². The Morgan fingerprint density at radius 2 is 1.77 bits per heavy atom. The van der Waals surface area contributed by atoms with Crippen molar-refractivity contribution in [3.8, 4) is 27.6 Å². The molecule has 0 unspecified atom stereocenters. The first kappa shape index (κ1) is 14.8. The predicted molar refractivity (Wildman–Crippen MR) is 93.4 cm³/mol. The number of benzene rings is 2. The predicted octanol–water partition coefficient (Wildman–Crippen LogP) is 5.66. The van der Waals surface area contributed by atoms with Crippen LogP contribution in [-0.4, -0.2) is 11.6 Å². The van der Waals surface area contributed by atoms with E-state index >= 15 is 0 Å². The van der Waals surface area contributed by atoms with Crippen LogP contribution in [0.3, 0.4) is 0 Å². The van der Waals surface area contributed by atoms with Gasteiger partial charge < -0.3 is 4.74 Å². The molecular weight excluding hydrogens is 290 g/mol. The molecule has 1 heterocycles. The van der Waals surface area contributed by atoms with Gasteiger partial charge in [-0.3, -0.25) is 0 Å². The van der Waals surface area contributed by atoms with Gasteiger partial charge in [-0.15, -0.1) is 11.3 Å². The van der Waals surface area contributed by atoms with E-state index in [2.05, 4.69) is 30.5 Å². The molecule has 3 aromatic rings. The summed E-state index contributed by atoms with van der Waals surface area (Å²) in [7, 11) is 0. The van der Waals surface area contributed by atoms with Gasteiger partial charge in [0.2, 0.25) is 0 Å². The molecule has 0 radical (unpaired) electrons. The molecule has 2 aromatic carbocycles. The third-order valence-corrected chi connectivity index (χ3v) is 4.32. The minimum atomic E-state index is 0.754. The fourth-order valence-corrected chi connectivity index (χ4v) is 3.09. The summed E-state index contributed by atoms with van der Waals surface area (Å²) in [4.78, 5) is 4.78. The lowest BCUT2D eigenvalue weighted by Gasteiger charge is -2.09. The normalized spacial score (nSPS) is 10.6. The average Bonchev–Trinajstić information content (AvgIpc) is 3.06. The lowest BCUT2D eigenvalue weighted by Crippen LogP contribution is -1.97. The number of hydrogen-bond acceptors (Lipinski definition) is 3. The van der Waals surface area contributed by atoms with Crippen molar-refractivity contribution in [3.05, 3.63) is 60.0 Å². The number of nitrogens with zero attached hydrogens (tertiary/aromatic N) is 1. The standard InChI is InChI=1S/C19H19NOS/c1-2-3-13-21-18-12-8-7-11-16(18)19-20-17(14-22-19)15-9-5-4-6-10-15/h4-12,14H,2-3,13H2,1H3. The van der Waals surface area contributed by atoms with Gasteiger partial charge in [0.1, 0.15) is 10.8 Å². The molecule has 22 heavy (non-hydrogen) atoms. The van der Waals surface area contributed by atoms with Crippen molar-refractivity contribution >= 4 is 11.3 Å². The van der Waals surface area contributed by atoms with E-state index in [1.54, 1.807) is 11.3 Å². The van der Waals surface area contributed by atoms with Gasteiger partial charge in [0.15, 0.2) is 0 Å². The number of para-hydroxylation sites is 1. The maximum atomic E-state index is 5.91. The van der Waals surface area contributed by atoms with E-state index in [1.807, 2.05) is 36.4 Å². The number of hydrogen-bond donors (Lipinski definition) is 0. The van der Waals surface area contributed by atoms with Crippen LogP contribution in [0.5, 0.6) is 5.75 Å². The van der Waals surface area contributed by atoms with Crippen LogP contribution >= 0.6 is 11.3 Å². The van der Waals surface area contributed by atoms with Gasteiger partial charge in [-0.25, -0.2) is 4.98 Å². The maximum Gasteiger partial charge on any atom is 0.129 e. The Morgan fingerprint density at radius 1 is 1.00 bits per heavy atom. The molecule has 0 aliphatic heterocycles. The molecule has 3 heteroatoms. The van der Waals surface area contributed by atoms with Crippen molar-refractivity contribution in [2.45, 2.75) is 19.8 Å². The summed E-state index contributed by atoms with van der Waals surface area (Å²) in [6.07, 6.45) is 2.21. The lowest BCUT2D eigenvalue weighted by atomic mass is 10.2. The summed E-state index contributed by atoms with van der Waals surface area (Å²) in [6, 6.07) is 18.4. The summed E-state index contributed by atoms with van der Waals surface area (Å²) in [5.41, 5.74) is 3.24. The van der Waals surface area contributed by atoms with Crippen LogP contribution < -0.4 is 4.74 Å². The lowest BCUT2D eigenvalue weighted by molar-refractivity contribution is 0.310. The molecule has 0 saturated carbocycles. The summed E-state index contributed by atoms with van der Waals surface area (Å²) >= 11 is 1.66. The second kappa shape index (κ2) is 7.23. The van der Waals surface area contributed by atoms with Crippen molar-refractivity contribution in [3.63, 3.8) is 0 Å². The molecule has 112 valence electrons. The highest BCUT2D eigenvalue weighted by molar-refractivity contribution is 7.13. The van der Waals surface area contributed by atoms with E-state index in [-0.39, 0.29) is 0 Å². The van der Waals surface area contributed by atoms with E-state index < -0.39 is 0 Å². The first-order chi connectivity index (χ1) is 10.9. The maximum absolute atomic E-state index is 5.91. The quantitative estimate of drug-likeness (QED) is 0.548. The minimum absolute atomic E-state index is 0.754. The Morgan fingerprint density at radius 3 is 2.59 bits per heavy atom. The highest BCUT2D eigenvalue weighted by Gasteiger charge is 2.11. The second-order valence-corrected chi connectivity index (χ2v) is 5.96. The molecule has 0 fully saturated rings. The number of ether oxygens (including phenoxy) is 1. The Bertz CT molecular complexity index is 721. The summed E-state index contributed by atoms with van der Waals surface area (Å²) in [5, 5.41) is 3.11. The molecule has 0 aliphatic carbocycles. The topological polar surface area (TPSA) is 22.1 Å². The number of thiazole rings is 1. The van der Waals surface area contributed by atoms with Crippen LogP contribution in [0.1, 0.15) is 19.8 Å². The van der Waals surface area contributed by atoms with E-state index in [1.165, 1.54) is 0 Å². The van der Waals surface area contributed by atoms with Gasteiger partial charge in [-0.05, 0) is 18.6 Å². The third-order valence-electron chi connectivity index (χ3n) is 3.45. The van der Waals surface area contributed by atoms with E-state index in [4.69, 9.17) is 9.72 Å². The molecule has 0 N–H and O–H groups in total. The zero-order valence-electron chi connectivity index (χ0n) is 12.7. The molecule has 2 nitrogen and oxygen atoms in total. The summed E-state index contributed by atoms with van der Waals surface area (Å²) in [5.74, 6) is 0.921. The molecule has 0 bridgehead atoms. The van der Waals surface area contributed by atoms with Gasteiger partial charge in [-0.2, -0.15) is 0 Å². The smallest absolute Gasteiger partial charge is 0.129 e. The van der Waals surface area contributed by atoms with Crippen LogP contribution in [0.2, 0.25) is 0 Å². The highest BCUT2D eigenvalue weighted by Crippen LogP contribution is 2.34. The summed E-state index contributed by atoms with van der Waals surface area (Å²) in [6.45, 7) is 2.92. The van der Waals surface area contributed by atoms with Crippen molar-refractivity contribution in [2.24, 2.45) is 0 Å². The second-order valence-electron chi connectivity index (χ2n) is 5.10. The minimum Gasteiger partial charge on any atom is -0.493 e. The van der Waals surface area contributed by atoms with Crippen molar-refractivity contribution in [1.82, 2.24) is 4.98 Å². The molecule has 0 spiro atoms. The largest absolute Gasteiger partial charge is 0.493 e.